The summed E-state index contributed by atoms with van der Waals surface area (Å²) in [7, 11) is 3.31. The van der Waals surface area contributed by atoms with E-state index in [0.717, 1.165) is 18.0 Å². The summed E-state index contributed by atoms with van der Waals surface area (Å²) >= 11 is 1.72. The molecule has 0 aliphatic rings. The molecule has 0 spiro atoms. The number of hydrogen-bond acceptors (Lipinski definition) is 4. The fourth-order valence-corrected chi connectivity index (χ4v) is 2.57. The predicted molar refractivity (Wildman–Crippen MR) is 79.1 cm³/mol. The van der Waals surface area contributed by atoms with Gasteiger partial charge >= 0.3 is 0 Å². The lowest BCUT2D eigenvalue weighted by Gasteiger charge is -2.16. The Kier molecular flexibility index (Phi) is 4.82. The maximum atomic E-state index is 5.33. The molecule has 102 valence electrons. The molecule has 1 N–H and O–H groups in total. The van der Waals surface area contributed by atoms with Crippen LogP contribution in [0.1, 0.15) is 24.1 Å². The molecule has 0 fully saturated rings. The number of rotatable bonds is 6. The normalized spacial score (nSPS) is 12.2. The fraction of sp³-hybridized carbons (Fsp3) is 0.333. The molecule has 1 aromatic heterocycles. The van der Waals surface area contributed by atoms with Gasteiger partial charge in [-0.05, 0) is 47.0 Å². The van der Waals surface area contributed by atoms with E-state index < -0.39 is 0 Å². The number of nitrogens with one attached hydrogen (secondary N) is 1. The van der Waals surface area contributed by atoms with E-state index >= 15 is 0 Å². The smallest absolute Gasteiger partial charge is 0.161 e. The van der Waals surface area contributed by atoms with Crippen molar-refractivity contribution in [2.75, 3.05) is 14.2 Å². The van der Waals surface area contributed by atoms with E-state index in [2.05, 4.69) is 35.1 Å². The first-order chi connectivity index (χ1) is 9.24. The van der Waals surface area contributed by atoms with Crippen molar-refractivity contribution < 1.29 is 9.47 Å². The Morgan fingerprint density at radius 1 is 1.16 bits per heavy atom. The van der Waals surface area contributed by atoms with Crippen LogP contribution in [0.25, 0.3) is 0 Å². The molecule has 1 unspecified atom stereocenters. The molecule has 1 atom stereocenters. The summed E-state index contributed by atoms with van der Waals surface area (Å²) in [5.41, 5.74) is 2.50. The largest absolute Gasteiger partial charge is 0.493 e. The molecule has 0 aliphatic heterocycles. The topological polar surface area (TPSA) is 30.5 Å². The van der Waals surface area contributed by atoms with Gasteiger partial charge < -0.3 is 14.8 Å². The molecule has 19 heavy (non-hydrogen) atoms. The third-order valence-electron chi connectivity index (χ3n) is 3.10. The lowest BCUT2D eigenvalue weighted by Crippen LogP contribution is -2.17. The zero-order valence-corrected chi connectivity index (χ0v) is 12.3. The third kappa shape index (κ3) is 3.49. The highest BCUT2D eigenvalue weighted by Crippen LogP contribution is 2.29. The molecular weight excluding hydrogens is 258 g/mol. The first-order valence-corrected chi connectivity index (χ1v) is 7.15. The summed E-state index contributed by atoms with van der Waals surface area (Å²) in [4.78, 5) is 0. The number of thiophene rings is 1. The zero-order chi connectivity index (χ0) is 13.7. The third-order valence-corrected chi connectivity index (χ3v) is 3.83. The van der Waals surface area contributed by atoms with E-state index in [1.807, 2.05) is 12.1 Å². The van der Waals surface area contributed by atoms with Gasteiger partial charge in [0.05, 0.1) is 14.2 Å². The van der Waals surface area contributed by atoms with Gasteiger partial charge in [-0.1, -0.05) is 6.07 Å². The second kappa shape index (κ2) is 6.59. The molecule has 0 radical (unpaired) electrons. The van der Waals surface area contributed by atoms with E-state index in [0.29, 0.717) is 0 Å². The van der Waals surface area contributed by atoms with Crippen LogP contribution in [0.15, 0.2) is 35.0 Å². The summed E-state index contributed by atoms with van der Waals surface area (Å²) in [6.45, 7) is 3.02. The van der Waals surface area contributed by atoms with Crippen molar-refractivity contribution in [3.63, 3.8) is 0 Å². The lowest BCUT2D eigenvalue weighted by atomic mass is 10.1. The highest BCUT2D eigenvalue weighted by atomic mass is 32.1. The number of benzene rings is 1. The van der Waals surface area contributed by atoms with Crippen LogP contribution in [0, 0.1) is 0 Å². The van der Waals surface area contributed by atoms with Gasteiger partial charge in [-0.15, -0.1) is 0 Å². The summed E-state index contributed by atoms with van der Waals surface area (Å²) in [6.07, 6.45) is 0. The summed E-state index contributed by atoms with van der Waals surface area (Å²) < 4.78 is 10.6. The molecule has 0 aliphatic carbocycles. The fourth-order valence-electron chi connectivity index (χ4n) is 1.90. The summed E-state index contributed by atoms with van der Waals surface area (Å²) in [5.74, 6) is 1.53. The Labute approximate surface area is 118 Å². The van der Waals surface area contributed by atoms with Gasteiger partial charge in [0.2, 0.25) is 0 Å². The van der Waals surface area contributed by atoms with Gasteiger partial charge in [-0.3, -0.25) is 0 Å². The van der Waals surface area contributed by atoms with Crippen molar-refractivity contribution in [3.8, 4) is 11.5 Å². The maximum absolute atomic E-state index is 5.33. The van der Waals surface area contributed by atoms with E-state index in [1.165, 1.54) is 11.1 Å². The SMILES string of the molecule is COc1ccc(C(C)NCc2ccsc2)cc1OC. The molecular formula is C15H19NO2S. The first kappa shape index (κ1) is 13.9. The van der Waals surface area contributed by atoms with Crippen LogP contribution in [0.5, 0.6) is 11.5 Å². The molecule has 0 saturated heterocycles. The quantitative estimate of drug-likeness (QED) is 0.875. The standard InChI is InChI=1S/C15H19NO2S/c1-11(16-9-12-6-7-19-10-12)13-4-5-14(17-2)15(8-13)18-3/h4-8,10-11,16H,9H2,1-3H3. The molecule has 0 bridgehead atoms. The molecule has 1 aromatic carbocycles. The maximum Gasteiger partial charge on any atom is 0.161 e. The van der Waals surface area contributed by atoms with Crippen molar-refractivity contribution in [3.05, 3.63) is 46.2 Å². The lowest BCUT2D eigenvalue weighted by molar-refractivity contribution is 0.354. The first-order valence-electron chi connectivity index (χ1n) is 6.21. The number of methoxy groups -OCH3 is 2. The van der Waals surface area contributed by atoms with E-state index in [4.69, 9.17) is 9.47 Å². The van der Waals surface area contributed by atoms with Gasteiger partial charge in [0.1, 0.15) is 0 Å². The van der Waals surface area contributed by atoms with Crippen LogP contribution < -0.4 is 14.8 Å². The van der Waals surface area contributed by atoms with Crippen LogP contribution in [-0.4, -0.2) is 14.2 Å². The van der Waals surface area contributed by atoms with E-state index in [9.17, 15) is 0 Å². The van der Waals surface area contributed by atoms with E-state index in [1.54, 1.807) is 25.6 Å². The molecule has 3 nitrogen and oxygen atoms in total. The Morgan fingerprint density at radius 2 is 1.95 bits per heavy atom. The van der Waals surface area contributed by atoms with Crippen molar-refractivity contribution in [1.29, 1.82) is 0 Å². The van der Waals surface area contributed by atoms with Crippen LogP contribution in [0.3, 0.4) is 0 Å². The molecule has 0 saturated carbocycles. The molecule has 1 heterocycles. The molecule has 2 aromatic rings. The van der Waals surface area contributed by atoms with Crippen LogP contribution in [-0.2, 0) is 6.54 Å². The highest BCUT2D eigenvalue weighted by molar-refractivity contribution is 7.07. The van der Waals surface area contributed by atoms with Gasteiger partial charge in [-0.2, -0.15) is 11.3 Å². The number of ether oxygens (including phenoxy) is 2. The Hall–Kier alpha value is -1.52. The Balaban J connectivity index is 2.04. The van der Waals surface area contributed by atoms with Crippen molar-refractivity contribution in [2.24, 2.45) is 0 Å². The van der Waals surface area contributed by atoms with Gasteiger partial charge in [0.25, 0.3) is 0 Å². The minimum Gasteiger partial charge on any atom is -0.493 e. The monoisotopic (exact) mass is 277 g/mol. The highest BCUT2D eigenvalue weighted by Gasteiger charge is 2.09. The average Bonchev–Trinajstić information content (AvgIpc) is 2.97. The van der Waals surface area contributed by atoms with E-state index in [-0.39, 0.29) is 6.04 Å². The van der Waals surface area contributed by atoms with Crippen LogP contribution in [0.2, 0.25) is 0 Å². The van der Waals surface area contributed by atoms with Crippen molar-refractivity contribution in [2.45, 2.75) is 19.5 Å². The molecule has 2 rings (SSSR count). The number of hydrogen-bond donors (Lipinski definition) is 1. The second-order valence-corrected chi connectivity index (χ2v) is 5.13. The Morgan fingerprint density at radius 3 is 2.58 bits per heavy atom. The molecule has 0 amide bonds. The van der Waals surface area contributed by atoms with Gasteiger partial charge in [0.15, 0.2) is 11.5 Å². The summed E-state index contributed by atoms with van der Waals surface area (Å²) in [5, 5.41) is 7.76. The van der Waals surface area contributed by atoms with Crippen molar-refractivity contribution in [1.82, 2.24) is 5.32 Å². The van der Waals surface area contributed by atoms with Crippen LogP contribution >= 0.6 is 11.3 Å². The van der Waals surface area contributed by atoms with Gasteiger partial charge in [0, 0.05) is 12.6 Å². The van der Waals surface area contributed by atoms with Crippen LogP contribution in [0.4, 0.5) is 0 Å². The molecule has 4 heteroatoms. The summed E-state index contributed by atoms with van der Waals surface area (Å²) in [6, 6.07) is 8.42. The Bertz CT molecular complexity index is 511. The van der Waals surface area contributed by atoms with Gasteiger partial charge in [-0.25, -0.2) is 0 Å². The predicted octanol–water partition coefficient (Wildman–Crippen LogP) is 3.62. The average molecular weight is 277 g/mol. The zero-order valence-electron chi connectivity index (χ0n) is 11.5. The minimum atomic E-state index is 0.264. The minimum absolute atomic E-state index is 0.264. The van der Waals surface area contributed by atoms with Crippen molar-refractivity contribution >= 4 is 11.3 Å². The second-order valence-electron chi connectivity index (χ2n) is 4.35.